The first-order valence-corrected chi connectivity index (χ1v) is 6.05. The number of benzene rings is 1. The van der Waals surface area contributed by atoms with Gasteiger partial charge in [-0.05, 0) is 23.3 Å². The SMILES string of the molecule is COCC(N)c1cnccc1-c1ccccc1Cl. The Morgan fingerprint density at radius 2 is 2.06 bits per heavy atom. The Bertz CT molecular complexity index is 531. The molecule has 1 aromatic heterocycles. The maximum atomic E-state index is 6.22. The van der Waals surface area contributed by atoms with Crippen LogP contribution in [0.2, 0.25) is 5.02 Å². The highest BCUT2D eigenvalue weighted by Crippen LogP contribution is 2.31. The number of nitrogens with two attached hydrogens (primary N) is 1. The molecule has 0 spiro atoms. The lowest BCUT2D eigenvalue weighted by molar-refractivity contribution is 0.181. The van der Waals surface area contributed by atoms with Crippen LogP contribution in [0.15, 0.2) is 42.7 Å². The third-order valence-electron chi connectivity index (χ3n) is 2.76. The molecule has 2 aromatic rings. The third-order valence-corrected chi connectivity index (χ3v) is 3.09. The van der Waals surface area contributed by atoms with Crippen molar-refractivity contribution < 1.29 is 4.74 Å². The van der Waals surface area contributed by atoms with Gasteiger partial charge in [0.15, 0.2) is 0 Å². The van der Waals surface area contributed by atoms with Gasteiger partial charge < -0.3 is 10.5 Å². The zero-order valence-electron chi connectivity index (χ0n) is 10.1. The minimum atomic E-state index is -0.213. The molecule has 1 aromatic carbocycles. The summed E-state index contributed by atoms with van der Waals surface area (Å²) < 4.78 is 5.09. The predicted molar refractivity (Wildman–Crippen MR) is 73.5 cm³/mol. The molecule has 1 heterocycles. The Labute approximate surface area is 112 Å². The molecule has 2 rings (SSSR count). The number of aromatic nitrogens is 1. The molecule has 0 aliphatic rings. The van der Waals surface area contributed by atoms with Gasteiger partial charge >= 0.3 is 0 Å². The van der Waals surface area contributed by atoms with E-state index in [4.69, 9.17) is 22.1 Å². The summed E-state index contributed by atoms with van der Waals surface area (Å²) in [5.74, 6) is 0. The summed E-state index contributed by atoms with van der Waals surface area (Å²) in [7, 11) is 1.63. The van der Waals surface area contributed by atoms with Gasteiger partial charge in [0.1, 0.15) is 0 Å². The minimum absolute atomic E-state index is 0.213. The Morgan fingerprint density at radius 1 is 1.28 bits per heavy atom. The molecule has 94 valence electrons. The monoisotopic (exact) mass is 262 g/mol. The van der Waals surface area contributed by atoms with Crippen molar-refractivity contribution in [1.82, 2.24) is 4.98 Å². The number of nitrogens with zero attached hydrogens (tertiary/aromatic N) is 1. The number of halogens is 1. The normalized spacial score (nSPS) is 12.4. The van der Waals surface area contributed by atoms with E-state index in [-0.39, 0.29) is 6.04 Å². The lowest BCUT2D eigenvalue weighted by Crippen LogP contribution is -2.17. The van der Waals surface area contributed by atoms with Crippen LogP contribution >= 0.6 is 11.6 Å². The summed E-state index contributed by atoms with van der Waals surface area (Å²) in [6, 6.07) is 9.40. The van der Waals surface area contributed by atoms with Crippen LogP contribution in [0.5, 0.6) is 0 Å². The molecule has 0 aliphatic heterocycles. The maximum absolute atomic E-state index is 6.22. The average molecular weight is 263 g/mol. The maximum Gasteiger partial charge on any atom is 0.0656 e. The fourth-order valence-corrected chi connectivity index (χ4v) is 2.13. The molecule has 18 heavy (non-hydrogen) atoms. The molecule has 3 nitrogen and oxygen atoms in total. The van der Waals surface area contributed by atoms with Crippen molar-refractivity contribution in [3.8, 4) is 11.1 Å². The highest BCUT2D eigenvalue weighted by atomic mass is 35.5. The van der Waals surface area contributed by atoms with Crippen molar-refractivity contribution in [1.29, 1.82) is 0 Å². The highest BCUT2D eigenvalue weighted by Gasteiger charge is 2.14. The van der Waals surface area contributed by atoms with Crippen LogP contribution in [0.4, 0.5) is 0 Å². The second-order valence-corrected chi connectivity index (χ2v) is 4.41. The van der Waals surface area contributed by atoms with Gasteiger partial charge in [-0.25, -0.2) is 0 Å². The molecule has 0 saturated carbocycles. The summed E-state index contributed by atoms with van der Waals surface area (Å²) >= 11 is 6.22. The summed E-state index contributed by atoms with van der Waals surface area (Å²) in [5.41, 5.74) is 8.98. The van der Waals surface area contributed by atoms with Crippen LogP contribution in [0.1, 0.15) is 11.6 Å². The number of hydrogen-bond acceptors (Lipinski definition) is 3. The lowest BCUT2D eigenvalue weighted by Gasteiger charge is -2.16. The van der Waals surface area contributed by atoms with E-state index in [1.165, 1.54) is 0 Å². The number of pyridine rings is 1. The zero-order chi connectivity index (χ0) is 13.0. The molecule has 1 unspecified atom stereocenters. The van der Waals surface area contributed by atoms with Crippen LogP contribution in [-0.4, -0.2) is 18.7 Å². The number of ether oxygens (including phenoxy) is 1. The van der Waals surface area contributed by atoms with Crippen LogP contribution in [-0.2, 0) is 4.74 Å². The molecule has 1 atom stereocenters. The molecule has 2 N–H and O–H groups in total. The van der Waals surface area contributed by atoms with Gasteiger partial charge in [-0.15, -0.1) is 0 Å². The molecule has 0 bridgehead atoms. The van der Waals surface area contributed by atoms with E-state index in [2.05, 4.69) is 4.98 Å². The summed E-state index contributed by atoms with van der Waals surface area (Å²) in [6.45, 7) is 0.448. The third kappa shape index (κ3) is 2.70. The Morgan fingerprint density at radius 3 is 2.78 bits per heavy atom. The number of hydrogen-bond donors (Lipinski definition) is 1. The van der Waals surface area contributed by atoms with Crippen molar-refractivity contribution in [3.63, 3.8) is 0 Å². The first kappa shape index (κ1) is 13.0. The van der Waals surface area contributed by atoms with Crippen molar-refractivity contribution in [2.24, 2.45) is 5.73 Å². The van der Waals surface area contributed by atoms with Crippen LogP contribution in [0.25, 0.3) is 11.1 Å². The Balaban J connectivity index is 2.48. The first-order chi connectivity index (χ1) is 8.74. The topological polar surface area (TPSA) is 48.1 Å². The van der Waals surface area contributed by atoms with Gasteiger partial charge in [0.25, 0.3) is 0 Å². The van der Waals surface area contributed by atoms with Gasteiger partial charge in [0, 0.05) is 30.1 Å². The Hall–Kier alpha value is -1.42. The Kier molecular flexibility index (Phi) is 4.31. The molecule has 0 aliphatic carbocycles. The second kappa shape index (κ2) is 5.96. The van der Waals surface area contributed by atoms with Crippen molar-refractivity contribution >= 4 is 11.6 Å². The molecule has 4 heteroatoms. The standard InChI is InChI=1S/C14H15ClN2O/c1-18-9-14(16)12-8-17-7-6-10(12)11-4-2-3-5-13(11)15/h2-8,14H,9,16H2,1H3. The molecule has 0 fully saturated rings. The summed E-state index contributed by atoms with van der Waals surface area (Å²) in [6.07, 6.45) is 3.50. The average Bonchev–Trinajstić information content (AvgIpc) is 2.40. The van der Waals surface area contributed by atoms with Crippen LogP contribution in [0, 0.1) is 0 Å². The highest BCUT2D eigenvalue weighted by molar-refractivity contribution is 6.33. The van der Waals surface area contributed by atoms with E-state index in [0.29, 0.717) is 11.6 Å². The van der Waals surface area contributed by atoms with Crippen molar-refractivity contribution in [2.45, 2.75) is 6.04 Å². The number of methoxy groups -OCH3 is 1. The largest absolute Gasteiger partial charge is 0.383 e. The smallest absolute Gasteiger partial charge is 0.0656 e. The first-order valence-electron chi connectivity index (χ1n) is 5.67. The second-order valence-electron chi connectivity index (χ2n) is 4.00. The van der Waals surface area contributed by atoms with E-state index in [1.807, 2.05) is 30.3 Å². The minimum Gasteiger partial charge on any atom is -0.383 e. The molecule has 0 amide bonds. The zero-order valence-corrected chi connectivity index (χ0v) is 10.9. The van der Waals surface area contributed by atoms with Gasteiger partial charge in [-0.3, -0.25) is 4.98 Å². The summed E-state index contributed by atoms with van der Waals surface area (Å²) in [4.78, 5) is 4.13. The van der Waals surface area contributed by atoms with Gasteiger partial charge in [-0.1, -0.05) is 29.8 Å². The van der Waals surface area contributed by atoms with Crippen LogP contribution in [0.3, 0.4) is 0 Å². The quantitative estimate of drug-likeness (QED) is 0.921. The van der Waals surface area contributed by atoms with E-state index >= 15 is 0 Å². The molecular weight excluding hydrogens is 248 g/mol. The van der Waals surface area contributed by atoms with Crippen LogP contribution < -0.4 is 5.73 Å². The predicted octanol–water partition coefficient (Wildman–Crippen LogP) is 3.05. The fraction of sp³-hybridized carbons (Fsp3) is 0.214. The fourth-order valence-electron chi connectivity index (χ4n) is 1.90. The van der Waals surface area contributed by atoms with E-state index in [9.17, 15) is 0 Å². The van der Waals surface area contributed by atoms with Crippen molar-refractivity contribution in [3.05, 3.63) is 53.3 Å². The lowest BCUT2D eigenvalue weighted by atomic mass is 9.97. The molecular formula is C14H15ClN2O. The van der Waals surface area contributed by atoms with Gasteiger partial charge in [0.05, 0.1) is 12.6 Å². The molecule has 0 radical (unpaired) electrons. The molecule has 0 saturated heterocycles. The van der Waals surface area contributed by atoms with E-state index in [0.717, 1.165) is 16.7 Å². The van der Waals surface area contributed by atoms with E-state index < -0.39 is 0 Å². The van der Waals surface area contributed by atoms with E-state index in [1.54, 1.807) is 19.5 Å². The number of rotatable bonds is 4. The van der Waals surface area contributed by atoms with Crippen molar-refractivity contribution in [2.75, 3.05) is 13.7 Å². The summed E-state index contributed by atoms with van der Waals surface area (Å²) in [5, 5.41) is 0.703. The van der Waals surface area contributed by atoms with Gasteiger partial charge in [-0.2, -0.15) is 0 Å². The van der Waals surface area contributed by atoms with Gasteiger partial charge in [0.2, 0.25) is 0 Å².